The summed E-state index contributed by atoms with van der Waals surface area (Å²) in [5, 5.41) is 0.743. The molecule has 1 aromatic heterocycles. The second-order valence-electron chi connectivity index (χ2n) is 7.15. The van der Waals surface area contributed by atoms with Gasteiger partial charge in [0.2, 0.25) is 5.24 Å². The second-order valence-corrected chi connectivity index (χ2v) is 7.57. The number of nitrogens with zero attached hydrogens (tertiary/aromatic N) is 1. The molecule has 1 aromatic carbocycles. The molecule has 0 radical (unpaired) electrons. The first kappa shape index (κ1) is 15.1. The van der Waals surface area contributed by atoms with Crippen LogP contribution in [0.3, 0.4) is 0 Å². The second kappa shape index (κ2) is 5.86. The van der Waals surface area contributed by atoms with Crippen LogP contribution in [0, 0.1) is 23.6 Å². The zero-order valence-corrected chi connectivity index (χ0v) is 13.6. The summed E-state index contributed by atoms with van der Waals surface area (Å²) in [6.45, 7) is 0. The molecular formula is C19H19ClFNO. The van der Waals surface area contributed by atoms with E-state index in [9.17, 15) is 9.18 Å². The quantitative estimate of drug-likeness (QED) is 0.737. The third kappa shape index (κ3) is 2.87. The van der Waals surface area contributed by atoms with Gasteiger partial charge in [-0.1, -0.05) is 0 Å². The Morgan fingerprint density at radius 1 is 1.17 bits per heavy atom. The Labute approximate surface area is 140 Å². The normalized spacial score (nSPS) is 29.8. The standard InChI is InChI=1S/C19H19ClFNO/c20-19(23)7-11-5-12-8-14(9-13(12)6-11)16-3-4-22-18-2-1-15(21)10-17(16)18/h1-4,10-14H,5-9H2/t11-,12+,13?,14?/m1/s1. The molecule has 4 atom stereocenters. The number of fused-ring (bicyclic) bond motifs is 2. The van der Waals surface area contributed by atoms with Gasteiger partial charge in [0.05, 0.1) is 5.52 Å². The van der Waals surface area contributed by atoms with E-state index >= 15 is 0 Å². The predicted octanol–water partition coefficient (Wildman–Crippen LogP) is 5.05. The summed E-state index contributed by atoms with van der Waals surface area (Å²) in [6.07, 6.45) is 6.83. The van der Waals surface area contributed by atoms with E-state index in [0.29, 0.717) is 30.1 Å². The van der Waals surface area contributed by atoms with Crippen LogP contribution in [0.2, 0.25) is 0 Å². The molecule has 4 rings (SSSR count). The van der Waals surface area contributed by atoms with E-state index in [1.807, 2.05) is 12.3 Å². The zero-order chi connectivity index (χ0) is 16.0. The highest BCUT2D eigenvalue weighted by Gasteiger charge is 2.42. The van der Waals surface area contributed by atoms with Crippen LogP contribution in [0.1, 0.15) is 43.6 Å². The third-order valence-corrected chi connectivity index (χ3v) is 5.89. The lowest BCUT2D eigenvalue weighted by atomic mass is 9.90. The summed E-state index contributed by atoms with van der Waals surface area (Å²) < 4.78 is 13.6. The summed E-state index contributed by atoms with van der Waals surface area (Å²) in [6, 6.07) is 6.89. The monoisotopic (exact) mass is 331 g/mol. The highest BCUT2D eigenvalue weighted by molar-refractivity contribution is 6.63. The van der Waals surface area contributed by atoms with E-state index in [4.69, 9.17) is 11.6 Å². The summed E-state index contributed by atoms with van der Waals surface area (Å²) >= 11 is 5.54. The molecule has 0 saturated heterocycles. The van der Waals surface area contributed by atoms with Crippen molar-refractivity contribution in [3.63, 3.8) is 0 Å². The van der Waals surface area contributed by atoms with Crippen molar-refractivity contribution >= 4 is 27.7 Å². The van der Waals surface area contributed by atoms with Crippen LogP contribution in [0.25, 0.3) is 10.9 Å². The van der Waals surface area contributed by atoms with Crippen LogP contribution in [-0.2, 0) is 4.79 Å². The van der Waals surface area contributed by atoms with E-state index in [1.165, 1.54) is 11.6 Å². The first-order valence-electron chi connectivity index (χ1n) is 8.32. The van der Waals surface area contributed by atoms with Gasteiger partial charge in [0.1, 0.15) is 5.82 Å². The van der Waals surface area contributed by atoms with Gasteiger partial charge >= 0.3 is 0 Å². The molecule has 0 spiro atoms. The van der Waals surface area contributed by atoms with Gasteiger partial charge in [-0.15, -0.1) is 0 Å². The molecule has 120 valence electrons. The largest absolute Gasteiger partial charge is 0.281 e. The zero-order valence-electron chi connectivity index (χ0n) is 12.8. The smallest absolute Gasteiger partial charge is 0.221 e. The maximum atomic E-state index is 13.6. The van der Waals surface area contributed by atoms with E-state index in [0.717, 1.165) is 36.6 Å². The Hall–Kier alpha value is -1.48. The molecule has 23 heavy (non-hydrogen) atoms. The molecular weight excluding hydrogens is 313 g/mol. The van der Waals surface area contributed by atoms with Gasteiger partial charge in [0.25, 0.3) is 0 Å². The molecule has 0 amide bonds. The number of halogens is 2. The SMILES string of the molecule is O=C(Cl)C[C@H]1CC2CC(c3ccnc4ccc(F)cc34)C[C@@H]2C1. The first-order chi connectivity index (χ1) is 11.1. The molecule has 0 bridgehead atoms. The number of hydrogen-bond acceptors (Lipinski definition) is 2. The topological polar surface area (TPSA) is 30.0 Å². The number of carbonyl (C=O) groups is 1. The number of hydrogen-bond donors (Lipinski definition) is 0. The Kier molecular flexibility index (Phi) is 3.84. The van der Waals surface area contributed by atoms with Crippen LogP contribution in [-0.4, -0.2) is 10.2 Å². The molecule has 2 aliphatic rings. The highest BCUT2D eigenvalue weighted by Crippen LogP contribution is 2.53. The minimum Gasteiger partial charge on any atom is -0.281 e. The summed E-state index contributed by atoms with van der Waals surface area (Å²) in [4.78, 5) is 15.5. The molecule has 2 nitrogen and oxygen atoms in total. The van der Waals surface area contributed by atoms with Gasteiger partial charge in [-0.25, -0.2) is 4.39 Å². The molecule has 2 fully saturated rings. The fourth-order valence-electron chi connectivity index (χ4n) is 4.89. The van der Waals surface area contributed by atoms with Gasteiger partial charge in [-0.3, -0.25) is 9.78 Å². The molecule has 2 aliphatic carbocycles. The van der Waals surface area contributed by atoms with Gasteiger partial charge in [-0.2, -0.15) is 0 Å². The number of aromatic nitrogens is 1. The van der Waals surface area contributed by atoms with Gasteiger partial charge < -0.3 is 0 Å². The average molecular weight is 332 g/mol. The molecule has 4 heteroatoms. The fourth-order valence-corrected chi connectivity index (χ4v) is 5.10. The highest BCUT2D eigenvalue weighted by atomic mass is 35.5. The Bertz CT molecular complexity index is 748. The number of benzene rings is 1. The maximum absolute atomic E-state index is 13.6. The van der Waals surface area contributed by atoms with E-state index in [2.05, 4.69) is 4.98 Å². The first-order valence-corrected chi connectivity index (χ1v) is 8.70. The summed E-state index contributed by atoms with van der Waals surface area (Å²) in [7, 11) is 0. The minimum absolute atomic E-state index is 0.203. The Morgan fingerprint density at radius 3 is 2.61 bits per heavy atom. The van der Waals surface area contributed by atoms with Crippen LogP contribution < -0.4 is 0 Å². The lowest BCUT2D eigenvalue weighted by Crippen LogP contribution is -2.04. The lowest BCUT2D eigenvalue weighted by molar-refractivity contribution is -0.112. The number of rotatable bonds is 3. The van der Waals surface area contributed by atoms with Gasteiger partial charge in [0, 0.05) is 18.0 Å². The van der Waals surface area contributed by atoms with Crippen molar-refractivity contribution in [1.29, 1.82) is 0 Å². The van der Waals surface area contributed by atoms with Crippen molar-refractivity contribution in [3.05, 3.63) is 41.8 Å². The van der Waals surface area contributed by atoms with Crippen molar-refractivity contribution in [2.45, 2.75) is 38.0 Å². The summed E-state index contributed by atoms with van der Waals surface area (Å²) in [5.41, 5.74) is 2.10. The van der Waals surface area contributed by atoms with Crippen molar-refractivity contribution in [2.24, 2.45) is 17.8 Å². The van der Waals surface area contributed by atoms with Crippen LogP contribution in [0.15, 0.2) is 30.5 Å². The average Bonchev–Trinajstić information content (AvgIpc) is 3.04. The third-order valence-electron chi connectivity index (χ3n) is 5.74. The van der Waals surface area contributed by atoms with Gasteiger partial charge in [-0.05, 0) is 90.8 Å². The van der Waals surface area contributed by atoms with E-state index in [1.54, 1.807) is 12.1 Å². The predicted molar refractivity (Wildman–Crippen MR) is 88.9 cm³/mol. The van der Waals surface area contributed by atoms with Gasteiger partial charge in [0.15, 0.2) is 0 Å². The van der Waals surface area contributed by atoms with Crippen molar-refractivity contribution < 1.29 is 9.18 Å². The van der Waals surface area contributed by atoms with Crippen molar-refractivity contribution in [1.82, 2.24) is 4.98 Å². The van der Waals surface area contributed by atoms with Crippen molar-refractivity contribution in [3.8, 4) is 0 Å². The maximum Gasteiger partial charge on any atom is 0.221 e. The van der Waals surface area contributed by atoms with Crippen LogP contribution in [0.5, 0.6) is 0 Å². The minimum atomic E-state index is -0.206. The lowest BCUT2D eigenvalue weighted by Gasteiger charge is -2.16. The van der Waals surface area contributed by atoms with E-state index in [-0.39, 0.29) is 11.1 Å². The van der Waals surface area contributed by atoms with E-state index < -0.39 is 0 Å². The molecule has 1 heterocycles. The number of carbonyl (C=O) groups excluding carboxylic acids is 1. The fraction of sp³-hybridized carbons (Fsp3) is 0.474. The van der Waals surface area contributed by atoms with Crippen molar-refractivity contribution in [2.75, 3.05) is 0 Å². The van der Waals surface area contributed by atoms with Crippen LogP contribution in [0.4, 0.5) is 4.39 Å². The molecule has 2 saturated carbocycles. The Morgan fingerprint density at radius 2 is 1.91 bits per heavy atom. The molecule has 2 unspecified atom stereocenters. The summed E-state index contributed by atoms with van der Waals surface area (Å²) in [5.74, 6) is 2.09. The van der Waals surface area contributed by atoms with Crippen LogP contribution >= 0.6 is 11.6 Å². The molecule has 2 aromatic rings. The molecule has 0 N–H and O–H groups in total. The number of pyridine rings is 1. The molecule has 0 aliphatic heterocycles. The Balaban J connectivity index is 1.56.